The lowest BCUT2D eigenvalue weighted by Gasteiger charge is -2.19. The zero-order valence-corrected chi connectivity index (χ0v) is 10.6. The Balaban J connectivity index is 2.20. The SMILES string of the molecule is CC(C)Oc1cccc(C2=CC(N)CCC2)c1. The predicted molar refractivity (Wildman–Crippen MR) is 72.0 cm³/mol. The van der Waals surface area contributed by atoms with Crippen LogP contribution in [0.2, 0.25) is 0 Å². The molecule has 0 heterocycles. The number of benzene rings is 1. The highest BCUT2D eigenvalue weighted by Gasteiger charge is 2.11. The number of allylic oxidation sites excluding steroid dienone is 1. The maximum absolute atomic E-state index is 5.97. The largest absolute Gasteiger partial charge is 0.491 e. The fraction of sp³-hybridized carbons (Fsp3) is 0.467. The van der Waals surface area contributed by atoms with Crippen LogP contribution in [-0.2, 0) is 0 Å². The quantitative estimate of drug-likeness (QED) is 0.865. The number of hydrogen-bond acceptors (Lipinski definition) is 2. The van der Waals surface area contributed by atoms with E-state index in [4.69, 9.17) is 10.5 Å². The van der Waals surface area contributed by atoms with Crippen LogP contribution in [0.5, 0.6) is 5.75 Å². The zero-order valence-electron chi connectivity index (χ0n) is 10.6. The molecule has 17 heavy (non-hydrogen) atoms. The molecule has 0 spiro atoms. The summed E-state index contributed by atoms with van der Waals surface area (Å²) < 4.78 is 5.71. The monoisotopic (exact) mass is 231 g/mol. The van der Waals surface area contributed by atoms with Gasteiger partial charge in [0, 0.05) is 6.04 Å². The molecule has 0 saturated heterocycles. The fourth-order valence-electron chi connectivity index (χ4n) is 2.24. The summed E-state index contributed by atoms with van der Waals surface area (Å²) in [6, 6.07) is 8.52. The van der Waals surface area contributed by atoms with Crippen molar-refractivity contribution >= 4 is 5.57 Å². The third-order valence-electron chi connectivity index (χ3n) is 2.98. The zero-order chi connectivity index (χ0) is 12.3. The van der Waals surface area contributed by atoms with E-state index in [1.165, 1.54) is 17.6 Å². The molecule has 1 aromatic carbocycles. The average Bonchev–Trinajstić information content (AvgIpc) is 2.28. The van der Waals surface area contributed by atoms with Crippen LogP contribution in [0.3, 0.4) is 0 Å². The highest BCUT2D eigenvalue weighted by molar-refractivity contribution is 5.68. The number of ether oxygens (including phenoxy) is 1. The van der Waals surface area contributed by atoms with E-state index >= 15 is 0 Å². The number of rotatable bonds is 3. The first-order valence-corrected chi connectivity index (χ1v) is 6.38. The molecule has 92 valence electrons. The molecular formula is C15H21NO. The standard InChI is InChI=1S/C15H21NO/c1-11(2)17-15-8-4-6-13(10-15)12-5-3-7-14(16)9-12/h4,6,8-11,14H,3,5,7,16H2,1-2H3. The van der Waals surface area contributed by atoms with Crippen LogP contribution in [0.4, 0.5) is 0 Å². The summed E-state index contributed by atoms with van der Waals surface area (Å²) >= 11 is 0. The minimum Gasteiger partial charge on any atom is -0.491 e. The molecule has 2 nitrogen and oxygen atoms in total. The van der Waals surface area contributed by atoms with E-state index in [1.807, 2.05) is 26.0 Å². The van der Waals surface area contributed by atoms with E-state index in [9.17, 15) is 0 Å². The molecule has 0 amide bonds. The van der Waals surface area contributed by atoms with Gasteiger partial charge in [0.15, 0.2) is 0 Å². The lowest BCUT2D eigenvalue weighted by atomic mass is 9.91. The minimum absolute atomic E-state index is 0.216. The summed E-state index contributed by atoms with van der Waals surface area (Å²) in [7, 11) is 0. The van der Waals surface area contributed by atoms with Crippen LogP contribution in [0.25, 0.3) is 5.57 Å². The van der Waals surface area contributed by atoms with Crippen LogP contribution in [0.1, 0.15) is 38.7 Å². The topological polar surface area (TPSA) is 35.2 Å². The third kappa shape index (κ3) is 3.34. The predicted octanol–water partition coefficient (Wildman–Crippen LogP) is 3.37. The first-order chi connectivity index (χ1) is 8.15. The van der Waals surface area contributed by atoms with Gasteiger partial charge in [-0.3, -0.25) is 0 Å². The van der Waals surface area contributed by atoms with E-state index < -0.39 is 0 Å². The molecule has 1 aliphatic rings. The van der Waals surface area contributed by atoms with Crippen LogP contribution in [0, 0.1) is 0 Å². The van der Waals surface area contributed by atoms with E-state index in [0.717, 1.165) is 18.6 Å². The van der Waals surface area contributed by atoms with Crippen LogP contribution in [0.15, 0.2) is 30.3 Å². The van der Waals surface area contributed by atoms with Crippen LogP contribution < -0.4 is 10.5 Å². The highest BCUT2D eigenvalue weighted by Crippen LogP contribution is 2.28. The van der Waals surface area contributed by atoms with Gasteiger partial charge in [-0.2, -0.15) is 0 Å². The van der Waals surface area contributed by atoms with Gasteiger partial charge < -0.3 is 10.5 Å². The van der Waals surface area contributed by atoms with Crippen molar-refractivity contribution in [2.24, 2.45) is 5.73 Å². The van der Waals surface area contributed by atoms with Gasteiger partial charge in [0.25, 0.3) is 0 Å². The Bertz CT molecular complexity index is 409. The van der Waals surface area contributed by atoms with Gasteiger partial charge in [-0.25, -0.2) is 0 Å². The molecular weight excluding hydrogens is 210 g/mol. The lowest BCUT2D eigenvalue weighted by molar-refractivity contribution is 0.242. The minimum atomic E-state index is 0.216. The van der Waals surface area contributed by atoms with Crippen molar-refractivity contribution in [2.75, 3.05) is 0 Å². The number of nitrogens with two attached hydrogens (primary N) is 1. The van der Waals surface area contributed by atoms with E-state index in [1.54, 1.807) is 0 Å². The lowest BCUT2D eigenvalue weighted by Crippen LogP contribution is -2.20. The molecule has 0 bridgehead atoms. The average molecular weight is 231 g/mol. The highest BCUT2D eigenvalue weighted by atomic mass is 16.5. The Labute approximate surface area is 103 Å². The van der Waals surface area contributed by atoms with Crippen molar-refractivity contribution in [1.82, 2.24) is 0 Å². The van der Waals surface area contributed by atoms with Gasteiger partial charge in [-0.15, -0.1) is 0 Å². The molecule has 2 rings (SSSR count). The van der Waals surface area contributed by atoms with E-state index in [0.29, 0.717) is 0 Å². The summed E-state index contributed by atoms with van der Waals surface area (Å²) in [4.78, 5) is 0. The van der Waals surface area contributed by atoms with Gasteiger partial charge in [0.1, 0.15) is 5.75 Å². The molecule has 2 N–H and O–H groups in total. The molecule has 1 atom stereocenters. The van der Waals surface area contributed by atoms with Crippen molar-refractivity contribution in [3.63, 3.8) is 0 Å². The summed E-state index contributed by atoms with van der Waals surface area (Å²) in [5, 5.41) is 0. The van der Waals surface area contributed by atoms with Crippen molar-refractivity contribution in [3.8, 4) is 5.75 Å². The van der Waals surface area contributed by atoms with Gasteiger partial charge >= 0.3 is 0 Å². The number of hydrogen-bond donors (Lipinski definition) is 1. The van der Waals surface area contributed by atoms with E-state index in [2.05, 4.69) is 18.2 Å². The molecule has 0 radical (unpaired) electrons. The van der Waals surface area contributed by atoms with Crippen LogP contribution in [-0.4, -0.2) is 12.1 Å². The van der Waals surface area contributed by atoms with Crippen molar-refractivity contribution in [3.05, 3.63) is 35.9 Å². The Morgan fingerprint density at radius 3 is 2.88 bits per heavy atom. The third-order valence-corrected chi connectivity index (χ3v) is 2.98. The summed E-state index contributed by atoms with van der Waals surface area (Å²) in [6.07, 6.45) is 5.82. The molecule has 1 unspecified atom stereocenters. The van der Waals surface area contributed by atoms with Crippen molar-refractivity contribution < 1.29 is 4.74 Å². The second-order valence-corrected chi connectivity index (χ2v) is 4.94. The summed E-state index contributed by atoms with van der Waals surface area (Å²) in [5.41, 5.74) is 8.58. The second kappa shape index (κ2) is 5.37. The second-order valence-electron chi connectivity index (χ2n) is 4.94. The molecule has 0 saturated carbocycles. The Morgan fingerprint density at radius 1 is 1.35 bits per heavy atom. The molecule has 1 aliphatic carbocycles. The Morgan fingerprint density at radius 2 is 2.18 bits per heavy atom. The van der Waals surface area contributed by atoms with Gasteiger partial charge in [-0.1, -0.05) is 18.2 Å². The molecule has 0 aromatic heterocycles. The molecule has 2 heteroatoms. The first kappa shape index (κ1) is 12.2. The van der Waals surface area contributed by atoms with Gasteiger partial charge in [0.2, 0.25) is 0 Å². The molecule has 0 aliphatic heterocycles. The normalized spacial score (nSPS) is 20.2. The first-order valence-electron chi connectivity index (χ1n) is 6.38. The molecule has 0 fully saturated rings. The summed E-state index contributed by atoms with van der Waals surface area (Å²) in [6.45, 7) is 4.09. The van der Waals surface area contributed by atoms with Gasteiger partial charge in [-0.05, 0) is 56.4 Å². The Kier molecular flexibility index (Phi) is 3.85. The van der Waals surface area contributed by atoms with Crippen molar-refractivity contribution in [2.45, 2.75) is 45.3 Å². The van der Waals surface area contributed by atoms with Gasteiger partial charge in [0.05, 0.1) is 6.10 Å². The summed E-state index contributed by atoms with van der Waals surface area (Å²) in [5.74, 6) is 0.942. The maximum Gasteiger partial charge on any atom is 0.120 e. The van der Waals surface area contributed by atoms with Crippen molar-refractivity contribution in [1.29, 1.82) is 0 Å². The van der Waals surface area contributed by atoms with E-state index in [-0.39, 0.29) is 12.1 Å². The Hall–Kier alpha value is -1.28. The maximum atomic E-state index is 5.97. The smallest absolute Gasteiger partial charge is 0.120 e. The molecule has 1 aromatic rings. The van der Waals surface area contributed by atoms with Crippen LogP contribution >= 0.6 is 0 Å². The fourth-order valence-corrected chi connectivity index (χ4v) is 2.24.